The van der Waals surface area contributed by atoms with Crippen molar-refractivity contribution in [1.29, 1.82) is 0 Å². The molecule has 2 aromatic rings. The molecule has 0 aliphatic heterocycles. The fourth-order valence-electron chi connectivity index (χ4n) is 1.96. The van der Waals surface area contributed by atoms with Gasteiger partial charge in [-0.1, -0.05) is 0 Å². The Morgan fingerprint density at radius 3 is 2.29 bits per heavy atom. The van der Waals surface area contributed by atoms with Crippen LogP contribution in [0.2, 0.25) is 0 Å². The summed E-state index contributed by atoms with van der Waals surface area (Å²) in [5.74, 6) is -2.69. The Morgan fingerprint density at radius 2 is 1.79 bits per heavy atom. The van der Waals surface area contributed by atoms with Crippen LogP contribution in [0.4, 0.5) is 4.39 Å². The number of amides is 1. The number of aliphatic imine (C=N–C) groups is 1. The number of carbonyl (C=O) groups is 1. The smallest absolute Gasteiger partial charge is 0.283 e. The van der Waals surface area contributed by atoms with Gasteiger partial charge in [-0.15, -0.1) is 0 Å². The summed E-state index contributed by atoms with van der Waals surface area (Å²) in [4.78, 5) is 25.9. The van der Waals surface area contributed by atoms with Gasteiger partial charge in [-0.25, -0.2) is 12.8 Å². The van der Waals surface area contributed by atoms with Gasteiger partial charge in [0.1, 0.15) is 5.82 Å². The number of guanidine groups is 1. The Morgan fingerprint density at radius 1 is 1.21 bits per heavy atom. The minimum atomic E-state index is -3.82. The van der Waals surface area contributed by atoms with Crippen molar-refractivity contribution in [3.05, 3.63) is 58.3 Å². The molecule has 10 heteroatoms. The quantitative estimate of drug-likeness (QED) is 0.445. The number of nitrogens with zero attached hydrogens (tertiary/aromatic N) is 2. The third-order valence-corrected chi connectivity index (χ3v) is 4.11. The minimum Gasteiger partial charge on any atom is -0.370 e. The van der Waals surface area contributed by atoms with Crippen molar-refractivity contribution in [2.24, 2.45) is 16.5 Å². The Bertz CT molecular complexity index is 987. The Kier molecular flexibility index (Phi) is 4.51. The molecule has 4 N–H and O–H groups in total. The predicted octanol–water partition coefficient (Wildman–Crippen LogP) is -0.206. The molecule has 1 aromatic heterocycles. The molecule has 0 radical (unpaired) electrons. The van der Waals surface area contributed by atoms with E-state index in [0.29, 0.717) is 0 Å². The summed E-state index contributed by atoms with van der Waals surface area (Å²) in [6.07, 6.45) is 3.47. The molecule has 0 fully saturated rings. The van der Waals surface area contributed by atoms with E-state index in [-0.39, 0.29) is 16.0 Å². The van der Waals surface area contributed by atoms with E-state index in [4.69, 9.17) is 11.5 Å². The summed E-state index contributed by atoms with van der Waals surface area (Å²) in [6.45, 7) is 0. The maximum absolute atomic E-state index is 14.2. The van der Waals surface area contributed by atoms with Crippen LogP contribution in [0.3, 0.4) is 0 Å². The van der Waals surface area contributed by atoms with Crippen molar-refractivity contribution >= 4 is 21.7 Å². The van der Waals surface area contributed by atoms with Crippen LogP contribution < -0.4 is 16.9 Å². The van der Waals surface area contributed by atoms with Gasteiger partial charge in [0.15, 0.2) is 21.2 Å². The molecule has 0 bridgehead atoms. The van der Waals surface area contributed by atoms with Gasteiger partial charge in [0.2, 0.25) is 0 Å². The average Bonchev–Trinajstić information content (AvgIpc) is 2.45. The van der Waals surface area contributed by atoms with Crippen LogP contribution in [0.15, 0.2) is 51.3 Å². The molecular formula is C14H13FN4O4S. The normalized spacial score (nSPS) is 11.1. The lowest BCUT2D eigenvalue weighted by atomic mass is 10.1. The number of nitrogens with two attached hydrogens (primary N) is 2. The molecule has 0 unspecified atom stereocenters. The highest BCUT2D eigenvalue weighted by Gasteiger charge is 2.21. The predicted molar refractivity (Wildman–Crippen MR) is 85.2 cm³/mol. The Labute approximate surface area is 136 Å². The maximum Gasteiger partial charge on any atom is 0.283 e. The zero-order chi connectivity index (χ0) is 18.1. The molecule has 0 saturated heterocycles. The van der Waals surface area contributed by atoms with Crippen LogP contribution in [0.5, 0.6) is 0 Å². The molecule has 0 aliphatic rings. The number of benzene rings is 1. The fraction of sp³-hybridized carbons (Fsp3) is 0.0714. The van der Waals surface area contributed by atoms with Crippen LogP contribution >= 0.6 is 0 Å². The molecule has 1 aromatic carbocycles. The summed E-state index contributed by atoms with van der Waals surface area (Å²) in [6, 6.07) is 4.08. The second-order valence-corrected chi connectivity index (χ2v) is 6.84. The van der Waals surface area contributed by atoms with Crippen molar-refractivity contribution in [2.75, 3.05) is 6.26 Å². The number of sulfone groups is 1. The SMILES string of the molecule is CS(=O)(=O)c1cc(C(=O)N=C(N)N)c(F)cc1-n1ccc(=O)cc1. The minimum absolute atomic E-state index is 0.0590. The topological polar surface area (TPSA) is 138 Å². The number of hydrogen-bond donors (Lipinski definition) is 2. The van der Waals surface area contributed by atoms with Crippen molar-refractivity contribution in [3.8, 4) is 5.69 Å². The number of rotatable bonds is 3. The number of halogens is 1. The summed E-state index contributed by atoms with van der Waals surface area (Å²) in [5.41, 5.74) is 9.20. The molecule has 24 heavy (non-hydrogen) atoms. The third kappa shape index (κ3) is 3.66. The summed E-state index contributed by atoms with van der Waals surface area (Å²) < 4.78 is 39.5. The Balaban J connectivity index is 2.76. The third-order valence-electron chi connectivity index (χ3n) is 2.99. The van der Waals surface area contributed by atoms with E-state index >= 15 is 0 Å². The van der Waals surface area contributed by atoms with Crippen LogP contribution in [0.25, 0.3) is 5.69 Å². The number of pyridine rings is 1. The van der Waals surface area contributed by atoms with E-state index < -0.39 is 33.1 Å². The molecule has 1 heterocycles. The average molecular weight is 352 g/mol. The monoisotopic (exact) mass is 352 g/mol. The lowest BCUT2D eigenvalue weighted by Crippen LogP contribution is -2.24. The van der Waals surface area contributed by atoms with Gasteiger partial charge < -0.3 is 16.0 Å². The molecule has 0 spiro atoms. The molecule has 0 atom stereocenters. The first kappa shape index (κ1) is 17.3. The standard InChI is InChI=1S/C14H13FN4O4S/c1-24(22,23)12-6-9(13(21)18-14(16)17)10(15)7-11(12)19-4-2-8(20)3-5-19/h2-7H,1H3,(H4,16,17,18,21). The lowest BCUT2D eigenvalue weighted by Gasteiger charge is -2.13. The van der Waals surface area contributed by atoms with E-state index in [0.717, 1.165) is 18.4 Å². The number of carbonyl (C=O) groups excluding carboxylic acids is 1. The summed E-state index contributed by atoms with van der Waals surface area (Å²) >= 11 is 0. The van der Waals surface area contributed by atoms with Crippen LogP contribution in [-0.4, -0.2) is 31.1 Å². The van der Waals surface area contributed by atoms with Crippen molar-refractivity contribution in [2.45, 2.75) is 4.90 Å². The molecule has 1 amide bonds. The van der Waals surface area contributed by atoms with E-state index in [9.17, 15) is 22.4 Å². The van der Waals surface area contributed by atoms with Crippen LogP contribution in [0.1, 0.15) is 10.4 Å². The van der Waals surface area contributed by atoms with Crippen LogP contribution in [0, 0.1) is 5.82 Å². The van der Waals surface area contributed by atoms with E-state index in [1.54, 1.807) is 0 Å². The van der Waals surface area contributed by atoms with Crippen molar-refractivity contribution in [1.82, 2.24) is 4.57 Å². The first-order valence-corrected chi connectivity index (χ1v) is 8.35. The first-order valence-electron chi connectivity index (χ1n) is 6.46. The van der Waals surface area contributed by atoms with E-state index in [1.165, 1.54) is 29.1 Å². The van der Waals surface area contributed by atoms with Gasteiger partial charge in [0.05, 0.1) is 16.1 Å². The molecular weight excluding hydrogens is 339 g/mol. The van der Waals surface area contributed by atoms with E-state index in [1.807, 2.05) is 0 Å². The maximum atomic E-state index is 14.2. The zero-order valence-corrected chi connectivity index (χ0v) is 13.2. The van der Waals surface area contributed by atoms with Crippen molar-refractivity contribution < 1.29 is 17.6 Å². The molecule has 0 saturated carbocycles. The highest BCUT2D eigenvalue weighted by atomic mass is 32.2. The fourth-order valence-corrected chi connectivity index (χ4v) is 2.83. The Hall–Kier alpha value is -3.01. The number of hydrogen-bond acceptors (Lipinski definition) is 4. The van der Waals surface area contributed by atoms with Gasteiger partial charge in [0.25, 0.3) is 5.91 Å². The number of aromatic nitrogens is 1. The van der Waals surface area contributed by atoms with Gasteiger partial charge >= 0.3 is 0 Å². The summed E-state index contributed by atoms with van der Waals surface area (Å²) in [7, 11) is -3.82. The zero-order valence-electron chi connectivity index (χ0n) is 12.4. The second kappa shape index (κ2) is 6.24. The van der Waals surface area contributed by atoms with Gasteiger partial charge in [-0.3, -0.25) is 9.59 Å². The highest BCUT2D eigenvalue weighted by Crippen LogP contribution is 2.24. The second-order valence-electron chi connectivity index (χ2n) is 4.85. The first-order chi connectivity index (χ1) is 11.1. The molecule has 126 valence electrons. The highest BCUT2D eigenvalue weighted by molar-refractivity contribution is 7.90. The molecule has 0 aliphatic carbocycles. The van der Waals surface area contributed by atoms with Gasteiger partial charge in [-0.2, -0.15) is 4.99 Å². The lowest BCUT2D eigenvalue weighted by molar-refractivity contribution is 0.0998. The van der Waals surface area contributed by atoms with E-state index in [2.05, 4.69) is 4.99 Å². The molecule has 2 rings (SSSR count). The van der Waals surface area contributed by atoms with Gasteiger partial charge in [-0.05, 0) is 6.07 Å². The summed E-state index contributed by atoms with van der Waals surface area (Å²) in [5, 5.41) is 0. The van der Waals surface area contributed by atoms with Crippen LogP contribution in [-0.2, 0) is 9.84 Å². The van der Waals surface area contributed by atoms with Gasteiger partial charge in [0, 0.05) is 36.8 Å². The molecule has 8 nitrogen and oxygen atoms in total. The van der Waals surface area contributed by atoms with Crippen molar-refractivity contribution in [3.63, 3.8) is 0 Å². The largest absolute Gasteiger partial charge is 0.370 e.